The molecule has 2 aliphatic carbocycles. The second kappa shape index (κ2) is 8.62. The third-order valence-electron chi connectivity index (χ3n) is 8.52. The van der Waals surface area contributed by atoms with Crippen LogP contribution in [0.15, 0.2) is 30.3 Å². The van der Waals surface area contributed by atoms with Crippen LogP contribution in [0.25, 0.3) is 0 Å². The number of hydrogen-bond donors (Lipinski definition) is 0. The molecule has 31 heavy (non-hydrogen) atoms. The topological polar surface area (TPSA) is 26.8 Å². The standard InChI is InChI=1S/C26H41N3OS/c1-24(2,31-5)19-28-20-25(29(23(28)30)18-21-10-9-11-21)14-16-26(17-15-25,27(3)4)22-12-7-6-8-13-22/h6-8,12-13,21H,9-11,14-20H2,1-5H3. The maximum Gasteiger partial charge on any atom is 0.320 e. The minimum atomic E-state index is 0.00938. The molecule has 1 aromatic carbocycles. The van der Waals surface area contributed by atoms with Crippen LogP contribution < -0.4 is 0 Å². The zero-order valence-corrected chi connectivity index (χ0v) is 21.0. The average molecular weight is 444 g/mol. The van der Waals surface area contributed by atoms with Crippen LogP contribution in [0.2, 0.25) is 0 Å². The van der Waals surface area contributed by atoms with E-state index in [1.165, 1.54) is 24.8 Å². The van der Waals surface area contributed by atoms with Gasteiger partial charge in [0.05, 0.1) is 5.54 Å². The van der Waals surface area contributed by atoms with Crippen LogP contribution in [0.4, 0.5) is 4.79 Å². The van der Waals surface area contributed by atoms with Crippen molar-refractivity contribution in [3.63, 3.8) is 0 Å². The van der Waals surface area contributed by atoms with Crippen LogP contribution in [0.1, 0.15) is 64.4 Å². The van der Waals surface area contributed by atoms with Gasteiger partial charge in [-0.25, -0.2) is 4.79 Å². The van der Waals surface area contributed by atoms with Crippen LogP contribution in [0.5, 0.6) is 0 Å². The van der Waals surface area contributed by atoms with Gasteiger partial charge in [0.1, 0.15) is 0 Å². The summed E-state index contributed by atoms with van der Waals surface area (Å²) in [6.45, 7) is 7.24. The van der Waals surface area contributed by atoms with E-state index in [2.05, 4.69) is 79.2 Å². The van der Waals surface area contributed by atoms with E-state index in [0.717, 1.165) is 45.3 Å². The van der Waals surface area contributed by atoms with Gasteiger partial charge in [-0.15, -0.1) is 0 Å². The average Bonchev–Trinajstić information content (AvgIpc) is 2.96. The van der Waals surface area contributed by atoms with Gasteiger partial charge in [0.2, 0.25) is 0 Å². The molecule has 1 saturated heterocycles. The van der Waals surface area contributed by atoms with Crippen molar-refractivity contribution in [2.45, 2.75) is 74.6 Å². The van der Waals surface area contributed by atoms with E-state index < -0.39 is 0 Å². The van der Waals surface area contributed by atoms with Crippen LogP contribution in [-0.2, 0) is 5.54 Å². The molecule has 3 aliphatic rings. The number of hydrogen-bond acceptors (Lipinski definition) is 3. The van der Waals surface area contributed by atoms with Crippen molar-refractivity contribution >= 4 is 17.8 Å². The molecule has 0 aromatic heterocycles. The summed E-state index contributed by atoms with van der Waals surface area (Å²) >= 11 is 1.86. The van der Waals surface area contributed by atoms with Gasteiger partial charge in [0.15, 0.2) is 0 Å². The Hall–Kier alpha value is -1.20. The summed E-state index contributed by atoms with van der Waals surface area (Å²) < 4.78 is 0.0927. The molecule has 0 N–H and O–H groups in total. The first-order valence-corrected chi connectivity index (χ1v) is 13.3. The van der Waals surface area contributed by atoms with Crippen LogP contribution in [0, 0.1) is 5.92 Å². The zero-order chi connectivity index (χ0) is 22.3. The molecule has 1 heterocycles. The van der Waals surface area contributed by atoms with Gasteiger partial charge < -0.3 is 9.80 Å². The minimum Gasteiger partial charge on any atom is -0.321 e. The zero-order valence-electron chi connectivity index (χ0n) is 20.2. The molecule has 1 aromatic rings. The molecule has 3 fully saturated rings. The van der Waals surface area contributed by atoms with Gasteiger partial charge in [-0.3, -0.25) is 4.90 Å². The van der Waals surface area contributed by atoms with E-state index in [9.17, 15) is 4.79 Å². The molecule has 4 nitrogen and oxygen atoms in total. The van der Waals surface area contributed by atoms with Crippen molar-refractivity contribution in [1.29, 1.82) is 0 Å². The molecule has 172 valence electrons. The number of amides is 2. The predicted octanol–water partition coefficient (Wildman–Crippen LogP) is 5.44. The second-order valence-electron chi connectivity index (χ2n) is 11.0. The van der Waals surface area contributed by atoms with Crippen LogP contribution >= 0.6 is 11.8 Å². The number of carbonyl (C=O) groups excluding carboxylic acids is 1. The molecule has 0 unspecified atom stereocenters. The Morgan fingerprint density at radius 3 is 2.26 bits per heavy atom. The molecule has 1 aliphatic heterocycles. The molecular formula is C26H41N3OS. The molecule has 0 atom stereocenters. The quantitative estimate of drug-likeness (QED) is 0.562. The summed E-state index contributed by atoms with van der Waals surface area (Å²) in [5.41, 5.74) is 1.50. The highest BCUT2D eigenvalue weighted by Gasteiger charge is 2.55. The van der Waals surface area contributed by atoms with Crippen molar-refractivity contribution in [1.82, 2.24) is 14.7 Å². The number of thioether (sulfide) groups is 1. The van der Waals surface area contributed by atoms with Gasteiger partial charge >= 0.3 is 6.03 Å². The Morgan fingerprint density at radius 2 is 1.74 bits per heavy atom. The highest BCUT2D eigenvalue weighted by Crippen LogP contribution is 2.50. The maximum absolute atomic E-state index is 13.6. The smallest absolute Gasteiger partial charge is 0.320 e. The summed E-state index contributed by atoms with van der Waals surface area (Å²) in [5.74, 6) is 0.712. The molecule has 1 spiro atoms. The Labute approximate surface area is 193 Å². The van der Waals surface area contributed by atoms with Gasteiger partial charge in [0, 0.05) is 29.9 Å². The van der Waals surface area contributed by atoms with Gasteiger partial charge in [-0.1, -0.05) is 36.8 Å². The highest BCUT2D eigenvalue weighted by atomic mass is 32.2. The summed E-state index contributed by atoms with van der Waals surface area (Å²) in [4.78, 5) is 20.6. The summed E-state index contributed by atoms with van der Waals surface area (Å²) in [6, 6.07) is 11.3. The van der Waals surface area contributed by atoms with E-state index >= 15 is 0 Å². The predicted molar refractivity (Wildman–Crippen MR) is 132 cm³/mol. The highest BCUT2D eigenvalue weighted by molar-refractivity contribution is 7.99. The van der Waals surface area contributed by atoms with Crippen LogP contribution in [0.3, 0.4) is 0 Å². The van der Waals surface area contributed by atoms with E-state index in [1.54, 1.807) is 0 Å². The number of nitrogens with zero attached hydrogens (tertiary/aromatic N) is 3. The Morgan fingerprint density at radius 1 is 1.10 bits per heavy atom. The number of carbonyl (C=O) groups is 1. The van der Waals surface area contributed by atoms with Crippen LogP contribution in [-0.4, -0.2) is 71.0 Å². The lowest BCUT2D eigenvalue weighted by Gasteiger charge is -2.51. The summed E-state index contributed by atoms with van der Waals surface area (Å²) in [6.07, 6.45) is 10.5. The first-order valence-electron chi connectivity index (χ1n) is 12.1. The molecular weight excluding hydrogens is 402 g/mol. The molecule has 2 amide bonds. The van der Waals surface area contributed by atoms with Gasteiger partial charge in [-0.05, 0) is 84.2 Å². The summed E-state index contributed by atoms with van der Waals surface area (Å²) in [5, 5.41) is 0. The molecule has 4 rings (SSSR count). The van der Waals surface area contributed by atoms with Crippen molar-refractivity contribution in [2.75, 3.05) is 40.0 Å². The lowest BCUT2D eigenvalue weighted by atomic mass is 9.68. The van der Waals surface area contributed by atoms with E-state index in [-0.39, 0.29) is 15.8 Å². The monoisotopic (exact) mass is 443 g/mol. The molecule has 0 bridgehead atoms. The van der Waals surface area contributed by atoms with Crippen molar-refractivity contribution < 1.29 is 4.79 Å². The third kappa shape index (κ3) is 4.25. The lowest BCUT2D eigenvalue weighted by molar-refractivity contribution is 0.0159. The first kappa shape index (κ1) is 23.0. The van der Waals surface area contributed by atoms with E-state index in [0.29, 0.717) is 11.9 Å². The number of rotatable bonds is 7. The van der Waals surface area contributed by atoms with E-state index in [1.807, 2.05) is 11.8 Å². The fraction of sp³-hybridized carbons (Fsp3) is 0.731. The van der Waals surface area contributed by atoms with Gasteiger partial charge in [-0.2, -0.15) is 11.8 Å². The maximum atomic E-state index is 13.6. The van der Waals surface area contributed by atoms with Crippen molar-refractivity contribution in [2.24, 2.45) is 5.92 Å². The number of benzene rings is 1. The SMILES string of the molecule is CSC(C)(C)CN1CC2(CCC(c3ccccc3)(N(C)C)CC2)N(CC2CCC2)C1=O. The molecule has 0 radical (unpaired) electrons. The fourth-order valence-electron chi connectivity index (χ4n) is 6.03. The van der Waals surface area contributed by atoms with Gasteiger partial charge in [0.25, 0.3) is 0 Å². The number of urea groups is 1. The fourth-order valence-corrected chi connectivity index (χ4v) is 6.32. The Balaban J connectivity index is 1.59. The molecule has 5 heteroatoms. The first-order chi connectivity index (χ1) is 14.7. The Bertz CT molecular complexity index is 766. The third-order valence-corrected chi connectivity index (χ3v) is 9.76. The lowest BCUT2D eigenvalue weighted by Crippen LogP contribution is -2.56. The Kier molecular flexibility index (Phi) is 6.39. The second-order valence-corrected chi connectivity index (χ2v) is 12.5. The normalized spacial score (nSPS) is 29.8. The molecule has 2 saturated carbocycles. The van der Waals surface area contributed by atoms with E-state index in [4.69, 9.17) is 0 Å². The van der Waals surface area contributed by atoms with Crippen molar-refractivity contribution in [3.05, 3.63) is 35.9 Å². The minimum absolute atomic E-state index is 0.00938. The van der Waals surface area contributed by atoms with Crippen molar-refractivity contribution in [3.8, 4) is 0 Å². The summed E-state index contributed by atoms with van der Waals surface area (Å²) in [7, 11) is 4.45. The largest absolute Gasteiger partial charge is 0.321 e.